The van der Waals surface area contributed by atoms with Crippen LogP contribution in [0.5, 0.6) is 0 Å². The first-order valence-electron chi connectivity index (χ1n) is 10.1. The van der Waals surface area contributed by atoms with E-state index < -0.39 is 17.6 Å². The number of rotatable bonds is 3. The first-order valence-corrected chi connectivity index (χ1v) is 10.9. The van der Waals surface area contributed by atoms with Gasteiger partial charge in [-0.25, -0.2) is 4.98 Å². The van der Waals surface area contributed by atoms with E-state index in [0.717, 1.165) is 31.7 Å². The van der Waals surface area contributed by atoms with Gasteiger partial charge in [-0.15, -0.1) is 0 Å². The van der Waals surface area contributed by atoms with Gasteiger partial charge in [0.2, 0.25) is 5.91 Å². The Balaban J connectivity index is 1.66. The van der Waals surface area contributed by atoms with Gasteiger partial charge < -0.3 is 14.4 Å². The van der Waals surface area contributed by atoms with Crippen molar-refractivity contribution in [2.45, 2.75) is 51.4 Å². The fraction of sp³-hybridized carbons (Fsp3) is 0.550. The lowest BCUT2D eigenvalue weighted by Gasteiger charge is -2.37. The van der Waals surface area contributed by atoms with Crippen molar-refractivity contribution in [1.29, 1.82) is 0 Å². The van der Waals surface area contributed by atoms with Gasteiger partial charge in [-0.3, -0.25) is 9.59 Å². The van der Waals surface area contributed by atoms with Crippen molar-refractivity contribution in [3.63, 3.8) is 0 Å². The summed E-state index contributed by atoms with van der Waals surface area (Å²) in [6, 6.07) is 2.73. The quantitative estimate of drug-likeness (QED) is 0.656. The maximum atomic E-state index is 13.5. The fourth-order valence-corrected chi connectivity index (χ4v) is 4.94. The minimum absolute atomic E-state index is 0.0711. The van der Waals surface area contributed by atoms with E-state index in [1.807, 2.05) is 4.90 Å². The Hall–Kier alpha value is -2.10. The molecule has 0 atom stereocenters. The van der Waals surface area contributed by atoms with Gasteiger partial charge in [0, 0.05) is 30.1 Å². The second-order valence-corrected chi connectivity index (χ2v) is 8.67. The summed E-state index contributed by atoms with van der Waals surface area (Å²) in [5.74, 6) is -0.700. The number of hydrogen-bond acceptors (Lipinski definition) is 3. The number of carbonyl (C=O) groups is 2. The Labute approximate surface area is 180 Å². The maximum absolute atomic E-state index is 13.5. The number of carbonyl (C=O) groups excluding carboxylic acids is 2. The van der Waals surface area contributed by atoms with Crippen molar-refractivity contribution in [1.82, 2.24) is 19.4 Å². The number of aromatic nitrogens is 2. The second-order valence-electron chi connectivity index (χ2n) is 7.75. The lowest BCUT2D eigenvalue weighted by molar-refractivity contribution is -0.137. The highest BCUT2D eigenvalue weighted by molar-refractivity contribution is 9.10. The molecule has 0 radical (unpaired) electrons. The van der Waals surface area contributed by atoms with Crippen molar-refractivity contribution in [2.75, 3.05) is 19.6 Å². The number of amides is 2. The molecule has 1 aliphatic heterocycles. The van der Waals surface area contributed by atoms with Crippen LogP contribution in [-0.4, -0.2) is 56.8 Å². The molecule has 0 bridgehead atoms. The number of halogens is 4. The van der Waals surface area contributed by atoms with Gasteiger partial charge in [0.25, 0.3) is 5.91 Å². The molecule has 1 saturated heterocycles. The smallest absolute Gasteiger partial charge is 0.336 e. The highest BCUT2D eigenvalue weighted by Crippen LogP contribution is 2.37. The van der Waals surface area contributed by atoms with Gasteiger partial charge in [0.05, 0.1) is 11.1 Å². The number of benzene rings is 1. The summed E-state index contributed by atoms with van der Waals surface area (Å²) in [4.78, 5) is 33.1. The zero-order valence-electron chi connectivity index (χ0n) is 16.5. The van der Waals surface area contributed by atoms with Crippen LogP contribution in [0.2, 0.25) is 0 Å². The predicted molar refractivity (Wildman–Crippen MR) is 108 cm³/mol. The van der Waals surface area contributed by atoms with Gasteiger partial charge in [-0.05, 0) is 31.9 Å². The number of hydrogen-bond donors (Lipinski definition) is 0. The molecule has 1 saturated carbocycles. The number of nitrogens with zero attached hydrogens (tertiary/aromatic N) is 4. The molecule has 4 rings (SSSR count). The molecule has 1 aromatic carbocycles. The van der Waals surface area contributed by atoms with Gasteiger partial charge in [0.15, 0.2) is 5.82 Å². The molecular formula is C20H22BrF3N4O2. The Kier molecular flexibility index (Phi) is 5.54. The van der Waals surface area contributed by atoms with Crippen LogP contribution < -0.4 is 0 Å². The third kappa shape index (κ3) is 3.70. The predicted octanol–water partition coefficient (Wildman–Crippen LogP) is 4.06. The molecule has 6 nitrogen and oxygen atoms in total. The number of aryl methyl sites for hydroxylation is 1. The molecule has 10 heteroatoms. The third-order valence-corrected chi connectivity index (χ3v) is 6.40. The Morgan fingerprint density at radius 3 is 2.53 bits per heavy atom. The van der Waals surface area contributed by atoms with Crippen LogP contribution in [0, 0.1) is 0 Å². The first kappa shape index (κ1) is 21.1. The average molecular weight is 487 g/mol. The monoisotopic (exact) mass is 486 g/mol. The maximum Gasteiger partial charge on any atom is 0.418 e. The molecule has 1 aromatic heterocycles. The van der Waals surface area contributed by atoms with E-state index in [1.54, 1.807) is 6.92 Å². The van der Waals surface area contributed by atoms with Gasteiger partial charge >= 0.3 is 6.18 Å². The third-order valence-electron chi connectivity index (χ3n) is 5.94. The SMILES string of the molecule is CCn1c(C(=O)N2CCN(C3CCCC3)C(=O)C2)nc2c(C(F)(F)F)cc(Br)cc21. The van der Waals surface area contributed by atoms with Crippen LogP contribution in [0.4, 0.5) is 13.2 Å². The van der Waals surface area contributed by atoms with Gasteiger partial charge in [-0.1, -0.05) is 28.8 Å². The van der Waals surface area contributed by atoms with E-state index in [0.29, 0.717) is 13.1 Å². The summed E-state index contributed by atoms with van der Waals surface area (Å²) >= 11 is 3.12. The molecule has 2 amide bonds. The minimum atomic E-state index is -4.60. The molecular weight excluding hydrogens is 465 g/mol. The van der Waals surface area contributed by atoms with Crippen molar-refractivity contribution in [3.8, 4) is 0 Å². The molecule has 0 spiro atoms. The largest absolute Gasteiger partial charge is 0.418 e. The highest BCUT2D eigenvalue weighted by atomic mass is 79.9. The van der Waals surface area contributed by atoms with E-state index >= 15 is 0 Å². The molecule has 162 valence electrons. The van der Waals surface area contributed by atoms with E-state index in [9.17, 15) is 22.8 Å². The van der Waals surface area contributed by atoms with Gasteiger partial charge in [0.1, 0.15) is 12.1 Å². The number of imidazole rings is 1. The summed E-state index contributed by atoms with van der Waals surface area (Å²) in [6.07, 6.45) is -0.414. The highest BCUT2D eigenvalue weighted by Gasteiger charge is 2.37. The Bertz CT molecular complexity index is 998. The summed E-state index contributed by atoms with van der Waals surface area (Å²) in [7, 11) is 0. The lowest BCUT2D eigenvalue weighted by Crippen LogP contribution is -2.55. The Morgan fingerprint density at radius 2 is 1.93 bits per heavy atom. The molecule has 2 aromatic rings. The van der Waals surface area contributed by atoms with Gasteiger partial charge in [-0.2, -0.15) is 13.2 Å². The molecule has 2 aliphatic rings. The zero-order valence-corrected chi connectivity index (χ0v) is 18.1. The van der Waals surface area contributed by atoms with Crippen LogP contribution in [0.1, 0.15) is 48.8 Å². The first-order chi connectivity index (χ1) is 14.2. The fourth-order valence-electron chi connectivity index (χ4n) is 4.49. The molecule has 1 aliphatic carbocycles. The van der Waals surface area contributed by atoms with Crippen molar-refractivity contribution in [3.05, 3.63) is 28.0 Å². The Morgan fingerprint density at radius 1 is 1.23 bits per heavy atom. The minimum Gasteiger partial charge on any atom is -0.336 e. The van der Waals surface area contributed by atoms with Crippen LogP contribution >= 0.6 is 15.9 Å². The molecule has 2 fully saturated rings. The molecule has 0 N–H and O–H groups in total. The van der Waals surface area contributed by atoms with E-state index in [4.69, 9.17) is 0 Å². The topological polar surface area (TPSA) is 58.4 Å². The van der Waals surface area contributed by atoms with Crippen molar-refractivity contribution in [2.24, 2.45) is 0 Å². The van der Waals surface area contributed by atoms with Crippen LogP contribution in [0.3, 0.4) is 0 Å². The van der Waals surface area contributed by atoms with Crippen molar-refractivity contribution < 1.29 is 22.8 Å². The summed E-state index contributed by atoms with van der Waals surface area (Å²) in [5, 5.41) is 0. The molecule has 30 heavy (non-hydrogen) atoms. The lowest BCUT2D eigenvalue weighted by atomic mass is 10.1. The van der Waals surface area contributed by atoms with E-state index in [-0.39, 0.29) is 46.4 Å². The molecule has 0 unspecified atom stereocenters. The zero-order chi connectivity index (χ0) is 21.6. The summed E-state index contributed by atoms with van der Waals surface area (Å²) in [5.41, 5.74) is -0.916. The van der Waals surface area contributed by atoms with Crippen LogP contribution in [-0.2, 0) is 17.5 Å². The average Bonchev–Trinajstić information content (AvgIpc) is 3.33. The molecule has 2 heterocycles. The second kappa shape index (κ2) is 7.86. The van der Waals surface area contributed by atoms with Crippen LogP contribution in [0.25, 0.3) is 11.0 Å². The number of piperazine rings is 1. The van der Waals surface area contributed by atoms with Crippen molar-refractivity contribution >= 4 is 38.8 Å². The van der Waals surface area contributed by atoms with E-state index in [2.05, 4.69) is 20.9 Å². The number of alkyl halides is 3. The standard InChI is InChI=1S/C20H22BrF3N4O2/c1-2-27-15-10-12(21)9-14(20(22,23)24)17(15)25-18(27)19(30)26-7-8-28(16(29)11-26)13-5-3-4-6-13/h9-10,13H,2-8,11H2,1H3. The van der Waals surface area contributed by atoms with E-state index in [1.165, 1.54) is 15.5 Å². The number of fused-ring (bicyclic) bond motifs is 1. The van der Waals surface area contributed by atoms with Crippen LogP contribution in [0.15, 0.2) is 16.6 Å². The summed E-state index contributed by atoms with van der Waals surface area (Å²) < 4.78 is 42.3. The normalized spacial score (nSPS) is 18.6. The summed E-state index contributed by atoms with van der Waals surface area (Å²) in [6.45, 7) is 2.75.